The van der Waals surface area contributed by atoms with E-state index >= 15 is 0 Å². The first-order chi connectivity index (χ1) is 14.1. The lowest BCUT2D eigenvalue weighted by Crippen LogP contribution is -2.30. The molecule has 4 rings (SSSR count). The van der Waals surface area contributed by atoms with Gasteiger partial charge in [-0.15, -0.1) is 11.3 Å². The van der Waals surface area contributed by atoms with E-state index < -0.39 is 18.0 Å². The molecule has 4 aromatic rings. The number of carbonyl (C=O) groups is 2. The van der Waals surface area contributed by atoms with Crippen LogP contribution in [0.1, 0.15) is 17.4 Å². The molecule has 1 N–H and O–H groups in total. The van der Waals surface area contributed by atoms with Crippen LogP contribution in [-0.2, 0) is 9.53 Å². The number of benzene rings is 3. The summed E-state index contributed by atoms with van der Waals surface area (Å²) < 4.78 is 5.32. The van der Waals surface area contributed by atoms with Crippen LogP contribution in [-0.4, -0.2) is 23.0 Å². The van der Waals surface area contributed by atoms with Gasteiger partial charge < -0.3 is 10.1 Å². The van der Waals surface area contributed by atoms with Gasteiger partial charge in [-0.05, 0) is 18.4 Å². The molecule has 1 atom stereocenters. The fraction of sp³-hybridized carbons (Fsp3) is 0.0870. The van der Waals surface area contributed by atoms with Crippen LogP contribution >= 0.6 is 11.3 Å². The van der Waals surface area contributed by atoms with Crippen LogP contribution in [0.2, 0.25) is 0 Å². The Balaban J connectivity index is 1.43. The van der Waals surface area contributed by atoms with Crippen molar-refractivity contribution in [3.63, 3.8) is 0 Å². The summed E-state index contributed by atoms with van der Waals surface area (Å²) in [6, 6.07) is 23.0. The van der Waals surface area contributed by atoms with Crippen molar-refractivity contribution in [1.82, 2.24) is 4.98 Å². The van der Waals surface area contributed by atoms with E-state index in [0.717, 1.165) is 21.3 Å². The van der Waals surface area contributed by atoms with E-state index in [4.69, 9.17) is 4.74 Å². The van der Waals surface area contributed by atoms with Gasteiger partial charge in [-0.2, -0.15) is 0 Å². The number of hydrogen-bond acceptors (Lipinski definition) is 5. The SMILES string of the molecule is C[C@H](OC(=O)c1csc(-c2ccccc2)n1)C(=O)Nc1cccc2ccccc12. The molecule has 0 spiro atoms. The first kappa shape index (κ1) is 18.8. The van der Waals surface area contributed by atoms with Crippen molar-refractivity contribution < 1.29 is 14.3 Å². The van der Waals surface area contributed by atoms with Crippen LogP contribution in [0.4, 0.5) is 5.69 Å². The number of nitrogens with one attached hydrogen (secondary N) is 1. The maximum atomic E-state index is 12.5. The molecule has 0 unspecified atom stereocenters. The summed E-state index contributed by atoms with van der Waals surface area (Å²) in [6.07, 6.45) is -0.955. The van der Waals surface area contributed by atoms with E-state index in [0.29, 0.717) is 5.69 Å². The zero-order chi connectivity index (χ0) is 20.2. The highest BCUT2D eigenvalue weighted by molar-refractivity contribution is 7.13. The molecule has 1 amide bonds. The predicted octanol–water partition coefficient (Wildman–Crippen LogP) is 5.15. The van der Waals surface area contributed by atoms with Crippen molar-refractivity contribution >= 4 is 39.7 Å². The molecule has 0 saturated heterocycles. The third-order valence-corrected chi connectivity index (χ3v) is 5.33. The molecule has 0 aliphatic rings. The van der Waals surface area contributed by atoms with Gasteiger partial charge in [0.25, 0.3) is 5.91 Å². The average Bonchev–Trinajstić information content (AvgIpc) is 3.25. The first-order valence-corrected chi connectivity index (χ1v) is 10.0. The van der Waals surface area contributed by atoms with Crippen LogP contribution in [0, 0.1) is 0 Å². The topological polar surface area (TPSA) is 68.3 Å². The number of esters is 1. The number of aromatic nitrogens is 1. The quantitative estimate of drug-likeness (QED) is 0.469. The Morgan fingerprint density at radius 3 is 2.52 bits per heavy atom. The fourth-order valence-corrected chi connectivity index (χ4v) is 3.72. The maximum absolute atomic E-state index is 12.5. The van der Waals surface area contributed by atoms with Crippen molar-refractivity contribution in [2.45, 2.75) is 13.0 Å². The Hall–Kier alpha value is -3.51. The zero-order valence-corrected chi connectivity index (χ0v) is 16.5. The molecular weight excluding hydrogens is 384 g/mol. The number of amides is 1. The molecule has 144 valence electrons. The molecule has 5 nitrogen and oxygen atoms in total. The van der Waals surface area contributed by atoms with Crippen LogP contribution in [0.25, 0.3) is 21.3 Å². The summed E-state index contributed by atoms with van der Waals surface area (Å²) in [5.74, 6) is -1.02. The van der Waals surface area contributed by atoms with Crippen LogP contribution in [0.5, 0.6) is 0 Å². The van der Waals surface area contributed by atoms with Crippen molar-refractivity contribution in [2.75, 3.05) is 5.32 Å². The molecule has 1 heterocycles. The third kappa shape index (κ3) is 4.17. The minimum Gasteiger partial charge on any atom is -0.448 e. The summed E-state index contributed by atoms with van der Waals surface area (Å²) in [5, 5.41) is 7.15. The molecule has 0 radical (unpaired) electrons. The normalized spacial score (nSPS) is 11.8. The molecule has 0 aliphatic carbocycles. The van der Waals surface area contributed by atoms with Gasteiger partial charge in [0.15, 0.2) is 11.8 Å². The van der Waals surface area contributed by atoms with Crippen LogP contribution in [0.15, 0.2) is 78.2 Å². The smallest absolute Gasteiger partial charge is 0.358 e. The number of fused-ring (bicyclic) bond motifs is 1. The van der Waals surface area contributed by atoms with Gasteiger partial charge in [0.2, 0.25) is 0 Å². The Bertz CT molecular complexity index is 1170. The van der Waals surface area contributed by atoms with Crippen molar-refractivity contribution in [3.8, 4) is 10.6 Å². The van der Waals surface area contributed by atoms with Gasteiger partial charge in [-0.25, -0.2) is 9.78 Å². The highest BCUT2D eigenvalue weighted by Crippen LogP contribution is 2.25. The van der Waals surface area contributed by atoms with Gasteiger partial charge in [0.05, 0.1) is 0 Å². The summed E-state index contributed by atoms with van der Waals surface area (Å²) in [5.41, 5.74) is 1.80. The molecule has 1 aromatic heterocycles. The lowest BCUT2D eigenvalue weighted by atomic mass is 10.1. The maximum Gasteiger partial charge on any atom is 0.358 e. The van der Waals surface area contributed by atoms with Gasteiger partial charge in [-0.1, -0.05) is 66.7 Å². The van der Waals surface area contributed by atoms with E-state index in [-0.39, 0.29) is 5.69 Å². The second-order valence-corrected chi connectivity index (χ2v) is 7.33. The molecule has 29 heavy (non-hydrogen) atoms. The van der Waals surface area contributed by atoms with Gasteiger partial charge in [0.1, 0.15) is 5.01 Å². The minimum atomic E-state index is -0.955. The van der Waals surface area contributed by atoms with Gasteiger partial charge >= 0.3 is 5.97 Å². The lowest BCUT2D eigenvalue weighted by molar-refractivity contribution is -0.123. The van der Waals surface area contributed by atoms with E-state index in [9.17, 15) is 9.59 Å². The summed E-state index contributed by atoms with van der Waals surface area (Å²) in [6.45, 7) is 1.54. The Morgan fingerprint density at radius 2 is 1.69 bits per heavy atom. The Labute approximate surface area is 172 Å². The second kappa shape index (κ2) is 8.24. The molecule has 0 fully saturated rings. The number of anilines is 1. The van der Waals surface area contributed by atoms with E-state index in [2.05, 4.69) is 10.3 Å². The number of ether oxygens (including phenoxy) is 1. The van der Waals surface area contributed by atoms with Gasteiger partial charge in [0, 0.05) is 22.0 Å². The average molecular weight is 402 g/mol. The first-order valence-electron chi connectivity index (χ1n) is 9.12. The zero-order valence-electron chi connectivity index (χ0n) is 15.7. The van der Waals surface area contributed by atoms with Gasteiger partial charge in [-0.3, -0.25) is 4.79 Å². The number of hydrogen-bond donors (Lipinski definition) is 1. The van der Waals surface area contributed by atoms with Crippen molar-refractivity contribution in [3.05, 3.63) is 83.9 Å². The molecule has 3 aromatic carbocycles. The lowest BCUT2D eigenvalue weighted by Gasteiger charge is -2.14. The standard InChI is InChI=1S/C23H18N2O3S/c1-15(21(26)24-19-13-7-11-16-8-5-6-12-18(16)19)28-23(27)20-14-29-22(25-20)17-9-3-2-4-10-17/h2-15H,1H3,(H,24,26)/t15-/m0/s1. The molecule has 0 saturated carbocycles. The summed E-state index contributed by atoms with van der Waals surface area (Å²) in [7, 11) is 0. The monoisotopic (exact) mass is 402 g/mol. The fourth-order valence-electron chi connectivity index (χ4n) is 2.92. The number of rotatable bonds is 5. The number of thiazole rings is 1. The summed E-state index contributed by atoms with van der Waals surface area (Å²) in [4.78, 5) is 29.3. The third-order valence-electron chi connectivity index (χ3n) is 4.43. The second-order valence-electron chi connectivity index (χ2n) is 6.47. The van der Waals surface area contributed by atoms with Crippen LogP contribution in [0.3, 0.4) is 0 Å². The molecule has 6 heteroatoms. The highest BCUT2D eigenvalue weighted by atomic mass is 32.1. The van der Waals surface area contributed by atoms with E-state index in [1.807, 2.05) is 72.8 Å². The highest BCUT2D eigenvalue weighted by Gasteiger charge is 2.21. The molecule has 0 bridgehead atoms. The van der Waals surface area contributed by atoms with Crippen molar-refractivity contribution in [1.29, 1.82) is 0 Å². The molecule has 0 aliphatic heterocycles. The van der Waals surface area contributed by atoms with Crippen molar-refractivity contribution in [2.24, 2.45) is 0 Å². The predicted molar refractivity (Wildman–Crippen MR) is 115 cm³/mol. The number of nitrogens with zero attached hydrogens (tertiary/aromatic N) is 1. The minimum absolute atomic E-state index is 0.193. The Kier molecular flexibility index (Phi) is 5.35. The largest absolute Gasteiger partial charge is 0.448 e. The summed E-state index contributed by atoms with van der Waals surface area (Å²) >= 11 is 1.36. The molecular formula is C23H18N2O3S. The van der Waals surface area contributed by atoms with Crippen LogP contribution < -0.4 is 5.32 Å². The van der Waals surface area contributed by atoms with E-state index in [1.165, 1.54) is 11.3 Å². The Morgan fingerprint density at radius 1 is 0.966 bits per heavy atom. The van der Waals surface area contributed by atoms with E-state index in [1.54, 1.807) is 12.3 Å². The number of carbonyl (C=O) groups excluding carboxylic acids is 2.